The summed E-state index contributed by atoms with van der Waals surface area (Å²) in [7, 11) is 0. The van der Waals surface area contributed by atoms with Gasteiger partial charge < -0.3 is 25.6 Å². The van der Waals surface area contributed by atoms with Gasteiger partial charge in [-0.3, -0.25) is 4.79 Å². The molecule has 0 saturated carbocycles. The number of rotatable bonds is 6. The molecule has 1 aliphatic rings. The second-order valence-electron chi connectivity index (χ2n) is 10.3. The van der Waals surface area contributed by atoms with Crippen LogP contribution in [-0.4, -0.2) is 51.6 Å². The molecule has 9 nitrogen and oxygen atoms in total. The smallest absolute Gasteiger partial charge is 0.407 e. The van der Waals surface area contributed by atoms with Crippen LogP contribution in [0.2, 0.25) is 0 Å². The zero-order valence-electron chi connectivity index (χ0n) is 22.0. The van der Waals surface area contributed by atoms with Gasteiger partial charge in [-0.2, -0.15) is 4.98 Å². The molecule has 0 aliphatic carbocycles. The van der Waals surface area contributed by atoms with Gasteiger partial charge in [0.1, 0.15) is 17.7 Å². The second-order valence-corrected chi connectivity index (χ2v) is 10.3. The molecule has 0 atom stereocenters. The number of carbonyl (C=O) groups excluding carboxylic acids is 2. The number of ether oxygens (including phenoxy) is 1. The van der Waals surface area contributed by atoms with Gasteiger partial charge in [0.05, 0.1) is 0 Å². The third-order valence-corrected chi connectivity index (χ3v) is 5.95. The Morgan fingerprint density at radius 2 is 1.67 bits per heavy atom. The summed E-state index contributed by atoms with van der Waals surface area (Å²) >= 11 is 0. The molecule has 1 aliphatic heterocycles. The van der Waals surface area contributed by atoms with E-state index in [4.69, 9.17) is 4.74 Å². The first-order valence-electron chi connectivity index (χ1n) is 12.6. The van der Waals surface area contributed by atoms with Gasteiger partial charge in [-0.15, -0.1) is 0 Å². The molecule has 4 rings (SSSR count). The molecular formula is C29H37FN6O3. The summed E-state index contributed by atoms with van der Waals surface area (Å²) in [5.74, 6) is 0.613. The maximum atomic E-state index is 13.5. The highest BCUT2D eigenvalue weighted by Crippen LogP contribution is 2.21. The minimum atomic E-state index is -0.429. The van der Waals surface area contributed by atoms with Crippen LogP contribution in [0.4, 0.5) is 32.3 Å². The van der Waals surface area contributed by atoms with E-state index in [1.54, 1.807) is 60.5 Å². The minimum absolute atomic E-state index is 0. The van der Waals surface area contributed by atoms with E-state index in [0.717, 1.165) is 11.4 Å². The lowest BCUT2D eigenvalue weighted by Gasteiger charge is -2.32. The molecule has 2 aromatic carbocycles. The number of nitrogens with one attached hydrogen (secondary N) is 3. The number of likely N-dealkylation sites (tertiary alicyclic amines) is 1. The number of hydrogen-bond donors (Lipinski definition) is 3. The Balaban J connectivity index is 0.00000420. The van der Waals surface area contributed by atoms with Gasteiger partial charge in [0.2, 0.25) is 5.95 Å². The van der Waals surface area contributed by atoms with Crippen molar-refractivity contribution in [3.05, 3.63) is 71.7 Å². The Bertz CT molecular complexity index is 1280. The Labute approximate surface area is 229 Å². The topological polar surface area (TPSA) is 108 Å². The fourth-order valence-corrected chi connectivity index (χ4v) is 4.03. The molecule has 0 radical (unpaired) electrons. The number of benzene rings is 2. The van der Waals surface area contributed by atoms with E-state index in [2.05, 4.69) is 25.9 Å². The SMILES string of the molecule is C.Cc1cc(Nc2ccnc(Nc3ccc(C(=O)N4CCC(OC(=O)NC(C)(C)C)CC4)cc3)n2)ccc1F. The van der Waals surface area contributed by atoms with Gasteiger partial charge in [-0.05, 0) is 81.8 Å². The summed E-state index contributed by atoms with van der Waals surface area (Å²) in [5, 5.41) is 9.07. The van der Waals surface area contributed by atoms with Crippen LogP contribution in [-0.2, 0) is 4.74 Å². The molecule has 1 aromatic heterocycles. The first kappa shape index (κ1) is 29.3. The highest BCUT2D eigenvalue weighted by Gasteiger charge is 2.27. The van der Waals surface area contributed by atoms with Crippen LogP contribution in [0.25, 0.3) is 0 Å². The molecule has 1 saturated heterocycles. The number of amides is 2. The van der Waals surface area contributed by atoms with Crippen molar-refractivity contribution in [1.29, 1.82) is 0 Å². The molecule has 0 bridgehead atoms. The largest absolute Gasteiger partial charge is 0.446 e. The number of alkyl carbamates (subject to hydrolysis) is 1. The standard InChI is InChI=1S/C28H33FN6O3.CH4/c1-18-17-21(9-10-23(18)29)31-24-11-14-30-26(33-24)32-20-7-5-19(6-8-20)25(36)35-15-12-22(13-16-35)38-27(37)34-28(2,3)4;/h5-11,14,17,22H,12-13,15-16H2,1-4H3,(H,34,37)(H2,30,31,32,33);1H4. The lowest BCUT2D eigenvalue weighted by molar-refractivity contribution is 0.0404. The van der Waals surface area contributed by atoms with Crippen LogP contribution in [0.15, 0.2) is 54.7 Å². The average molecular weight is 537 g/mol. The molecule has 2 heterocycles. The minimum Gasteiger partial charge on any atom is -0.446 e. The molecule has 0 unspecified atom stereocenters. The number of hydrogen-bond acceptors (Lipinski definition) is 7. The van der Waals surface area contributed by atoms with Crippen molar-refractivity contribution in [3.63, 3.8) is 0 Å². The first-order valence-corrected chi connectivity index (χ1v) is 12.6. The number of halogens is 1. The first-order chi connectivity index (χ1) is 18.1. The zero-order chi connectivity index (χ0) is 27.3. The highest BCUT2D eigenvalue weighted by atomic mass is 19.1. The van der Waals surface area contributed by atoms with Gasteiger partial charge in [0.15, 0.2) is 0 Å². The van der Waals surface area contributed by atoms with Gasteiger partial charge in [-0.1, -0.05) is 7.43 Å². The number of nitrogens with zero attached hydrogens (tertiary/aromatic N) is 3. The third-order valence-electron chi connectivity index (χ3n) is 5.95. The highest BCUT2D eigenvalue weighted by molar-refractivity contribution is 5.94. The third kappa shape index (κ3) is 8.39. The monoisotopic (exact) mass is 536 g/mol. The number of piperidine rings is 1. The normalized spacial score (nSPS) is 13.7. The Morgan fingerprint density at radius 1 is 1.00 bits per heavy atom. The number of aryl methyl sites for hydroxylation is 1. The quantitative estimate of drug-likeness (QED) is 0.345. The molecule has 0 spiro atoms. The molecular weight excluding hydrogens is 499 g/mol. The van der Waals surface area contributed by atoms with Crippen LogP contribution in [0.1, 0.15) is 57.0 Å². The van der Waals surface area contributed by atoms with Crippen LogP contribution in [0.5, 0.6) is 0 Å². The Hall–Kier alpha value is -4.21. The van der Waals surface area contributed by atoms with E-state index in [0.29, 0.717) is 48.8 Å². The van der Waals surface area contributed by atoms with Gasteiger partial charge >= 0.3 is 6.09 Å². The van der Waals surface area contributed by atoms with E-state index in [1.165, 1.54) is 6.07 Å². The van der Waals surface area contributed by atoms with Crippen molar-refractivity contribution in [2.45, 2.75) is 59.6 Å². The lowest BCUT2D eigenvalue weighted by Crippen LogP contribution is -2.45. The molecule has 1 fully saturated rings. The Kier molecular flexibility index (Phi) is 9.45. The van der Waals surface area contributed by atoms with Crippen molar-refractivity contribution in [3.8, 4) is 0 Å². The molecule has 3 N–H and O–H groups in total. The molecule has 208 valence electrons. The summed E-state index contributed by atoms with van der Waals surface area (Å²) < 4.78 is 19.0. The lowest BCUT2D eigenvalue weighted by atomic mass is 10.1. The predicted octanol–water partition coefficient (Wildman–Crippen LogP) is 6.18. The van der Waals surface area contributed by atoms with Crippen LogP contribution in [0, 0.1) is 12.7 Å². The number of carbonyl (C=O) groups is 2. The molecule has 3 aromatic rings. The van der Waals surface area contributed by atoms with Crippen molar-refractivity contribution in [1.82, 2.24) is 20.2 Å². The second kappa shape index (κ2) is 12.6. The van der Waals surface area contributed by atoms with E-state index in [9.17, 15) is 14.0 Å². The maximum absolute atomic E-state index is 13.5. The van der Waals surface area contributed by atoms with E-state index in [-0.39, 0.29) is 30.8 Å². The molecule has 10 heteroatoms. The maximum Gasteiger partial charge on any atom is 0.407 e. The predicted molar refractivity (Wildman–Crippen MR) is 151 cm³/mol. The van der Waals surface area contributed by atoms with Crippen molar-refractivity contribution in [2.75, 3.05) is 23.7 Å². The van der Waals surface area contributed by atoms with Crippen molar-refractivity contribution in [2.24, 2.45) is 0 Å². The fourth-order valence-electron chi connectivity index (χ4n) is 4.03. The average Bonchev–Trinajstić information content (AvgIpc) is 2.86. The van der Waals surface area contributed by atoms with Crippen LogP contribution >= 0.6 is 0 Å². The number of anilines is 4. The van der Waals surface area contributed by atoms with Crippen molar-refractivity contribution < 1.29 is 18.7 Å². The van der Waals surface area contributed by atoms with Gasteiger partial charge in [0.25, 0.3) is 5.91 Å². The molecule has 2 amide bonds. The summed E-state index contributed by atoms with van der Waals surface area (Å²) in [6.07, 6.45) is 2.18. The van der Waals surface area contributed by atoms with Gasteiger partial charge in [0, 0.05) is 54.6 Å². The van der Waals surface area contributed by atoms with E-state index in [1.807, 2.05) is 20.8 Å². The summed E-state index contributed by atoms with van der Waals surface area (Å²) in [5.41, 5.74) is 2.21. The summed E-state index contributed by atoms with van der Waals surface area (Å²) in [6.45, 7) is 8.44. The van der Waals surface area contributed by atoms with Crippen LogP contribution in [0.3, 0.4) is 0 Å². The van der Waals surface area contributed by atoms with E-state index >= 15 is 0 Å². The summed E-state index contributed by atoms with van der Waals surface area (Å²) in [6, 6.07) is 13.6. The Morgan fingerprint density at radius 3 is 2.31 bits per heavy atom. The summed E-state index contributed by atoms with van der Waals surface area (Å²) in [4.78, 5) is 35.5. The zero-order valence-corrected chi connectivity index (χ0v) is 22.0. The van der Waals surface area contributed by atoms with Crippen molar-refractivity contribution >= 4 is 35.1 Å². The van der Waals surface area contributed by atoms with Gasteiger partial charge in [-0.25, -0.2) is 14.2 Å². The molecule has 39 heavy (non-hydrogen) atoms. The van der Waals surface area contributed by atoms with E-state index < -0.39 is 6.09 Å². The number of aromatic nitrogens is 2. The fraction of sp³-hybridized carbons (Fsp3) is 0.379. The van der Waals surface area contributed by atoms with Crippen LogP contribution < -0.4 is 16.0 Å².